The predicted molar refractivity (Wildman–Crippen MR) is 128 cm³/mol. The van der Waals surface area contributed by atoms with Gasteiger partial charge in [-0.1, -0.05) is 36.5 Å². The number of carbonyl (C=O) groups excluding carboxylic acids is 1. The van der Waals surface area contributed by atoms with Crippen LogP contribution in [0.15, 0.2) is 82.7 Å². The number of halogens is 1. The van der Waals surface area contributed by atoms with Crippen molar-refractivity contribution in [2.24, 2.45) is 4.99 Å². The number of anilines is 1. The molecule has 33 heavy (non-hydrogen) atoms. The second-order valence-electron chi connectivity index (χ2n) is 7.40. The SMILES string of the molecule is CCCn1c(=NC(=O)c2ccc(S(=O)(=O)N(C)c3ccccc3)cc2)sc2cc(F)ccc21. The zero-order chi connectivity index (χ0) is 23.6. The molecule has 1 aromatic heterocycles. The molecule has 0 aliphatic rings. The van der Waals surface area contributed by atoms with Gasteiger partial charge in [0.2, 0.25) is 0 Å². The Morgan fingerprint density at radius 1 is 1.06 bits per heavy atom. The molecule has 0 atom stereocenters. The molecule has 0 spiro atoms. The van der Waals surface area contributed by atoms with Crippen molar-refractivity contribution < 1.29 is 17.6 Å². The number of aryl methyl sites for hydroxylation is 1. The summed E-state index contributed by atoms with van der Waals surface area (Å²) in [5.74, 6) is -0.838. The topological polar surface area (TPSA) is 71.7 Å². The lowest BCUT2D eigenvalue weighted by molar-refractivity contribution is 0.0997. The summed E-state index contributed by atoms with van der Waals surface area (Å²) in [5.41, 5.74) is 1.62. The van der Waals surface area contributed by atoms with Crippen molar-refractivity contribution >= 4 is 43.2 Å². The Labute approximate surface area is 195 Å². The Balaban J connectivity index is 1.66. The van der Waals surface area contributed by atoms with Crippen molar-refractivity contribution in [1.82, 2.24) is 4.57 Å². The lowest BCUT2D eigenvalue weighted by Crippen LogP contribution is -2.26. The molecule has 0 aliphatic heterocycles. The molecular formula is C24H22FN3O3S2. The van der Waals surface area contributed by atoms with Gasteiger partial charge in [-0.15, -0.1) is 0 Å². The van der Waals surface area contributed by atoms with Crippen molar-refractivity contribution in [3.63, 3.8) is 0 Å². The maximum Gasteiger partial charge on any atom is 0.279 e. The average Bonchev–Trinajstić information content (AvgIpc) is 3.15. The maximum absolute atomic E-state index is 13.6. The molecule has 3 aromatic carbocycles. The number of aromatic nitrogens is 1. The first-order valence-corrected chi connectivity index (χ1v) is 12.6. The van der Waals surface area contributed by atoms with E-state index in [1.165, 1.54) is 59.1 Å². The van der Waals surface area contributed by atoms with Crippen molar-refractivity contribution in [1.29, 1.82) is 0 Å². The van der Waals surface area contributed by atoms with Crippen LogP contribution in [0, 0.1) is 5.82 Å². The van der Waals surface area contributed by atoms with Crippen LogP contribution in [-0.4, -0.2) is 25.9 Å². The van der Waals surface area contributed by atoms with Gasteiger partial charge in [0.05, 0.1) is 20.8 Å². The summed E-state index contributed by atoms with van der Waals surface area (Å²) in [6.45, 7) is 2.65. The standard InChI is InChI=1S/C24H22FN3O3S2/c1-3-15-28-21-14-11-18(25)16-22(21)32-24(28)26-23(29)17-9-12-20(13-10-17)33(30,31)27(2)19-7-5-4-6-8-19/h4-14,16H,3,15H2,1-2H3. The lowest BCUT2D eigenvalue weighted by Gasteiger charge is -2.19. The van der Waals surface area contributed by atoms with E-state index in [4.69, 9.17) is 0 Å². The van der Waals surface area contributed by atoms with Gasteiger partial charge in [0, 0.05) is 19.2 Å². The number of benzene rings is 3. The van der Waals surface area contributed by atoms with Crippen molar-refractivity contribution in [3.05, 3.63) is 89.0 Å². The second-order valence-corrected chi connectivity index (χ2v) is 10.4. The molecule has 6 nitrogen and oxygen atoms in total. The smallest absolute Gasteiger partial charge is 0.279 e. The molecule has 1 amide bonds. The number of hydrogen-bond donors (Lipinski definition) is 0. The molecule has 9 heteroatoms. The number of nitrogens with zero attached hydrogens (tertiary/aromatic N) is 3. The average molecular weight is 484 g/mol. The van der Waals surface area contributed by atoms with Crippen LogP contribution in [-0.2, 0) is 16.6 Å². The van der Waals surface area contributed by atoms with Crippen LogP contribution in [0.5, 0.6) is 0 Å². The minimum Gasteiger partial charge on any atom is -0.316 e. The van der Waals surface area contributed by atoms with E-state index in [9.17, 15) is 17.6 Å². The molecule has 0 bridgehead atoms. The monoisotopic (exact) mass is 483 g/mol. The van der Waals surface area contributed by atoms with E-state index in [-0.39, 0.29) is 16.3 Å². The Bertz CT molecular complexity index is 1480. The molecule has 0 saturated carbocycles. The number of para-hydroxylation sites is 1. The van der Waals surface area contributed by atoms with E-state index < -0.39 is 15.9 Å². The summed E-state index contributed by atoms with van der Waals surface area (Å²) in [6.07, 6.45) is 0.825. The molecule has 4 rings (SSSR count). The van der Waals surface area contributed by atoms with Gasteiger partial charge in [-0.2, -0.15) is 4.99 Å². The maximum atomic E-state index is 13.6. The van der Waals surface area contributed by atoms with Gasteiger partial charge in [-0.25, -0.2) is 12.8 Å². The predicted octanol–water partition coefficient (Wildman–Crippen LogP) is 4.82. The fourth-order valence-corrected chi connectivity index (χ4v) is 5.70. The third-order valence-corrected chi connectivity index (χ3v) is 8.01. The third kappa shape index (κ3) is 4.60. The summed E-state index contributed by atoms with van der Waals surface area (Å²) in [6, 6.07) is 19.0. The molecule has 0 saturated heterocycles. The van der Waals surface area contributed by atoms with Gasteiger partial charge in [0.1, 0.15) is 5.82 Å². The van der Waals surface area contributed by atoms with Crippen LogP contribution in [0.2, 0.25) is 0 Å². The summed E-state index contributed by atoms with van der Waals surface area (Å²) in [4.78, 5) is 17.6. The highest BCUT2D eigenvalue weighted by Gasteiger charge is 2.21. The number of fused-ring (bicyclic) bond motifs is 1. The normalized spacial score (nSPS) is 12.3. The van der Waals surface area contributed by atoms with Crippen molar-refractivity contribution in [2.75, 3.05) is 11.4 Å². The Hall–Kier alpha value is -3.30. The Kier molecular flexibility index (Phi) is 6.44. The van der Waals surface area contributed by atoms with Crippen LogP contribution < -0.4 is 9.11 Å². The Morgan fingerprint density at radius 3 is 2.42 bits per heavy atom. The highest BCUT2D eigenvalue weighted by molar-refractivity contribution is 7.92. The van der Waals surface area contributed by atoms with Crippen LogP contribution in [0.3, 0.4) is 0 Å². The van der Waals surface area contributed by atoms with Gasteiger partial charge in [0.15, 0.2) is 4.80 Å². The molecular weight excluding hydrogens is 461 g/mol. The number of hydrogen-bond acceptors (Lipinski definition) is 4. The first kappa shape index (κ1) is 22.9. The highest BCUT2D eigenvalue weighted by atomic mass is 32.2. The van der Waals surface area contributed by atoms with E-state index in [0.717, 1.165) is 11.9 Å². The number of sulfonamides is 1. The van der Waals surface area contributed by atoms with Gasteiger partial charge in [0.25, 0.3) is 15.9 Å². The lowest BCUT2D eigenvalue weighted by atomic mass is 10.2. The number of rotatable bonds is 6. The van der Waals surface area contributed by atoms with Crippen LogP contribution >= 0.6 is 11.3 Å². The number of thiazole rings is 1. The first-order valence-electron chi connectivity index (χ1n) is 10.3. The van der Waals surface area contributed by atoms with Crippen LogP contribution in [0.4, 0.5) is 10.1 Å². The minimum atomic E-state index is -3.78. The van der Waals surface area contributed by atoms with Gasteiger partial charge in [-0.3, -0.25) is 9.10 Å². The molecule has 1 heterocycles. The fraction of sp³-hybridized carbons (Fsp3) is 0.167. The summed E-state index contributed by atoms with van der Waals surface area (Å²) in [5, 5.41) is 0. The van der Waals surface area contributed by atoms with Gasteiger partial charge >= 0.3 is 0 Å². The zero-order valence-corrected chi connectivity index (χ0v) is 19.7. The summed E-state index contributed by atoms with van der Waals surface area (Å²) < 4.78 is 43.3. The number of amides is 1. The molecule has 0 aliphatic carbocycles. The largest absolute Gasteiger partial charge is 0.316 e. The highest BCUT2D eigenvalue weighted by Crippen LogP contribution is 2.22. The molecule has 0 radical (unpaired) electrons. The molecule has 0 unspecified atom stereocenters. The van der Waals surface area contributed by atoms with E-state index in [0.29, 0.717) is 21.7 Å². The van der Waals surface area contributed by atoms with E-state index >= 15 is 0 Å². The molecule has 0 fully saturated rings. The van der Waals surface area contributed by atoms with Crippen LogP contribution in [0.25, 0.3) is 10.2 Å². The molecule has 0 N–H and O–H groups in total. The first-order chi connectivity index (χ1) is 15.8. The summed E-state index contributed by atoms with van der Waals surface area (Å²) >= 11 is 1.24. The second kappa shape index (κ2) is 9.29. The zero-order valence-electron chi connectivity index (χ0n) is 18.1. The van der Waals surface area contributed by atoms with Crippen molar-refractivity contribution in [2.45, 2.75) is 24.8 Å². The molecule has 170 valence electrons. The minimum absolute atomic E-state index is 0.0730. The van der Waals surface area contributed by atoms with Gasteiger partial charge < -0.3 is 4.57 Å². The molecule has 4 aromatic rings. The van der Waals surface area contributed by atoms with E-state index in [1.807, 2.05) is 17.6 Å². The van der Waals surface area contributed by atoms with E-state index in [2.05, 4.69) is 4.99 Å². The van der Waals surface area contributed by atoms with Crippen LogP contribution in [0.1, 0.15) is 23.7 Å². The fourth-order valence-electron chi connectivity index (χ4n) is 3.43. The summed E-state index contributed by atoms with van der Waals surface area (Å²) in [7, 11) is -2.29. The van der Waals surface area contributed by atoms with Gasteiger partial charge in [-0.05, 0) is 61.0 Å². The number of carbonyl (C=O) groups is 1. The third-order valence-electron chi connectivity index (χ3n) is 5.17. The Morgan fingerprint density at radius 2 is 1.76 bits per heavy atom. The quantitative estimate of drug-likeness (QED) is 0.395. The van der Waals surface area contributed by atoms with Crippen molar-refractivity contribution in [3.8, 4) is 0 Å². The van der Waals surface area contributed by atoms with E-state index in [1.54, 1.807) is 30.3 Å².